The van der Waals surface area contributed by atoms with Crippen molar-refractivity contribution >= 4 is 31.9 Å². The lowest BCUT2D eigenvalue weighted by atomic mass is 10.2. The summed E-state index contributed by atoms with van der Waals surface area (Å²) in [5, 5.41) is 0. The van der Waals surface area contributed by atoms with Gasteiger partial charge in [0.05, 0.1) is 0 Å². The summed E-state index contributed by atoms with van der Waals surface area (Å²) in [6, 6.07) is 2.91. The Bertz CT molecular complexity index is 310. The summed E-state index contributed by atoms with van der Waals surface area (Å²) < 4.78 is 29.3. The van der Waals surface area contributed by atoms with Crippen LogP contribution in [-0.2, 0) is 6.54 Å². The highest BCUT2D eigenvalue weighted by atomic mass is 79.9. The van der Waals surface area contributed by atoms with E-state index in [1.54, 1.807) is 0 Å². The van der Waals surface area contributed by atoms with Crippen LogP contribution in [0.3, 0.4) is 0 Å². The molecule has 0 heterocycles. The molecule has 0 aliphatic rings. The van der Waals surface area contributed by atoms with Gasteiger partial charge in [0.25, 0.3) is 0 Å². The van der Waals surface area contributed by atoms with Crippen LogP contribution in [0.4, 0.5) is 8.78 Å². The van der Waals surface area contributed by atoms with E-state index in [4.69, 9.17) is 5.73 Å². The van der Waals surface area contributed by atoms with Gasteiger partial charge >= 0.3 is 6.61 Å². The fourth-order valence-electron chi connectivity index (χ4n) is 0.946. The first-order valence-corrected chi connectivity index (χ1v) is 5.26. The third kappa shape index (κ3) is 2.90. The molecule has 0 saturated heterocycles. The fraction of sp³-hybridized carbons (Fsp3) is 0.250. The van der Waals surface area contributed by atoms with Crippen molar-refractivity contribution in [1.82, 2.24) is 0 Å². The van der Waals surface area contributed by atoms with Crippen LogP contribution in [0.5, 0.6) is 5.75 Å². The van der Waals surface area contributed by atoms with Crippen LogP contribution >= 0.6 is 31.9 Å². The average Bonchev–Trinajstić information content (AvgIpc) is 2.01. The quantitative estimate of drug-likeness (QED) is 0.923. The van der Waals surface area contributed by atoms with E-state index in [0.29, 0.717) is 15.5 Å². The van der Waals surface area contributed by atoms with Crippen LogP contribution < -0.4 is 10.5 Å². The highest BCUT2D eigenvalue weighted by molar-refractivity contribution is 9.11. The standard InChI is InChI=1S/C8H7Br2F2NO/c9-6-1-4(14-8(11)12)2-7(10)5(6)3-13/h1-2,8H,3,13H2. The van der Waals surface area contributed by atoms with Crippen LogP contribution in [0.1, 0.15) is 5.56 Å². The van der Waals surface area contributed by atoms with E-state index < -0.39 is 6.61 Å². The lowest BCUT2D eigenvalue weighted by molar-refractivity contribution is -0.0499. The lowest BCUT2D eigenvalue weighted by Crippen LogP contribution is -2.04. The first-order valence-electron chi connectivity index (χ1n) is 3.67. The number of hydrogen-bond donors (Lipinski definition) is 1. The Morgan fingerprint density at radius 2 is 1.79 bits per heavy atom. The summed E-state index contributed by atoms with van der Waals surface area (Å²) in [5.41, 5.74) is 6.27. The molecule has 0 unspecified atom stereocenters. The number of hydrogen-bond acceptors (Lipinski definition) is 2. The van der Waals surface area contributed by atoms with Gasteiger partial charge < -0.3 is 10.5 Å². The topological polar surface area (TPSA) is 35.2 Å². The summed E-state index contributed by atoms with van der Waals surface area (Å²) in [6.07, 6.45) is 0. The van der Waals surface area contributed by atoms with Crippen molar-refractivity contribution in [3.63, 3.8) is 0 Å². The number of alkyl halides is 2. The summed E-state index contributed by atoms with van der Waals surface area (Å²) in [6.45, 7) is -2.51. The number of ether oxygens (including phenoxy) is 1. The van der Waals surface area contributed by atoms with Gasteiger partial charge in [0.15, 0.2) is 0 Å². The monoisotopic (exact) mass is 329 g/mol. The zero-order valence-electron chi connectivity index (χ0n) is 6.94. The molecular formula is C8H7Br2F2NO. The molecule has 0 atom stereocenters. The van der Waals surface area contributed by atoms with Crippen LogP contribution in [0.15, 0.2) is 21.1 Å². The van der Waals surface area contributed by atoms with Crippen LogP contribution in [0.25, 0.3) is 0 Å². The molecule has 1 aromatic rings. The number of nitrogens with two attached hydrogens (primary N) is 1. The summed E-state index contributed by atoms with van der Waals surface area (Å²) >= 11 is 6.43. The molecule has 78 valence electrons. The normalized spacial score (nSPS) is 10.7. The first-order chi connectivity index (χ1) is 6.54. The van der Waals surface area contributed by atoms with Crippen molar-refractivity contribution in [2.75, 3.05) is 0 Å². The third-order valence-electron chi connectivity index (χ3n) is 1.54. The second kappa shape index (κ2) is 5.04. The largest absolute Gasteiger partial charge is 0.435 e. The van der Waals surface area contributed by atoms with Crippen molar-refractivity contribution in [1.29, 1.82) is 0 Å². The molecule has 2 nitrogen and oxygen atoms in total. The second-order valence-corrected chi connectivity index (χ2v) is 4.16. The molecule has 6 heteroatoms. The number of benzene rings is 1. The van der Waals surface area contributed by atoms with E-state index in [1.807, 2.05) is 0 Å². The Kier molecular flexibility index (Phi) is 4.28. The Morgan fingerprint density at radius 1 is 1.29 bits per heavy atom. The molecule has 2 N–H and O–H groups in total. The molecular weight excluding hydrogens is 324 g/mol. The summed E-state index contributed by atoms with van der Waals surface area (Å²) in [4.78, 5) is 0. The van der Waals surface area contributed by atoms with E-state index in [-0.39, 0.29) is 5.75 Å². The molecule has 0 radical (unpaired) electrons. The van der Waals surface area contributed by atoms with E-state index in [2.05, 4.69) is 36.6 Å². The molecule has 1 rings (SSSR count). The molecule has 0 aromatic heterocycles. The molecule has 1 aromatic carbocycles. The maximum atomic E-state index is 11.9. The first kappa shape index (κ1) is 11.9. The van der Waals surface area contributed by atoms with E-state index in [9.17, 15) is 8.78 Å². The van der Waals surface area contributed by atoms with Gasteiger partial charge in [-0.3, -0.25) is 0 Å². The maximum Gasteiger partial charge on any atom is 0.387 e. The van der Waals surface area contributed by atoms with Gasteiger partial charge in [0.2, 0.25) is 0 Å². The van der Waals surface area contributed by atoms with Gasteiger partial charge in [-0.15, -0.1) is 0 Å². The molecule has 0 amide bonds. The fourth-order valence-corrected chi connectivity index (χ4v) is 2.41. The number of halogens is 4. The molecule has 0 bridgehead atoms. The molecule has 0 aliphatic heterocycles. The van der Waals surface area contributed by atoms with Crippen molar-refractivity contribution in [2.24, 2.45) is 5.73 Å². The third-order valence-corrected chi connectivity index (χ3v) is 2.96. The van der Waals surface area contributed by atoms with E-state index in [1.165, 1.54) is 12.1 Å². The van der Waals surface area contributed by atoms with Gasteiger partial charge in [-0.25, -0.2) is 0 Å². The minimum absolute atomic E-state index is 0.0935. The molecule has 0 fully saturated rings. The second-order valence-electron chi connectivity index (χ2n) is 2.45. The molecule has 0 aliphatic carbocycles. The average molecular weight is 331 g/mol. The maximum absolute atomic E-state index is 11.9. The van der Waals surface area contributed by atoms with Gasteiger partial charge in [-0.1, -0.05) is 31.9 Å². The highest BCUT2D eigenvalue weighted by Crippen LogP contribution is 2.31. The molecule has 14 heavy (non-hydrogen) atoms. The van der Waals surface area contributed by atoms with Crippen molar-refractivity contribution in [2.45, 2.75) is 13.2 Å². The van der Waals surface area contributed by atoms with Gasteiger partial charge in [0, 0.05) is 15.5 Å². The SMILES string of the molecule is NCc1c(Br)cc(OC(F)F)cc1Br. The molecule has 0 saturated carbocycles. The minimum atomic E-state index is -2.82. The summed E-state index contributed by atoms with van der Waals surface area (Å²) in [5.74, 6) is 0.0935. The van der Waals surface area contributed by atoms with Gasteiger partial charge in [0.1, 0.15) is 5.75 Å². The zero-order valence-corrected chi connectivity index (χ0v) is 10.1. The summed E-state index contributed by atoms with van der Waals surface area (Å²) in [7, 11) is 0. The van der Waals surface area contributed by atoms with Crippen molar-refractivity contribution in [3.8, 4) is 5.75 Å². The zero-order chi connectivity index (χ0) is 10.7. The smallest absolute Gasteiger partial charge is 0.387 e. The van der Waals surface area contributed by atoms with Crippen LogP contribution in [-0.4, -0.2) is 6.61 Å². The van der Waals surface area contributed by atoms with E-state index >= 15 is 0 Å². The van der Waals surface area contributed by atoms with Crippen molar-refractivity contribution < 1.29 is 13.5 Å². The van der Waals surface area contributed by atoms with Gasteiger partial charge in [-0.05, 0) is 17.7 Å². The highest BCUT2D eigenvalue weighted by Gasteiger charge is 2.09. The van der Waals surface area contributed by atoms with Crippen LogP contribution in [0, 0.1) is 0 Å². The molecule has 0 spiro atoms. The van der Waals surface area contributed by atoms with Crippen molar-refractivity contribution in [3.05, 3.63) is 26.6 Å². The predicted octanol–water partition coefficient (Wildman–Crippen LogP) is 3.27. The Balaban J connectivity index is 3.01. The minimum Gasteiger partial charge on any atom is -0.435 e. The number of rotatable bonds is 3. The predicted molar refractivity (Wildman–Crippen MR) is 56.4 cm³/mol. The van der Waals surface area contributed by atoms with Gasteiger partial charge in [-0.2, -0.15) is 8.78 Å². The van der Waals surface area contributed by atoms with Crippen LogP contribution in [0.2, 0.25) is 0 Å². The Labute approximate surface area is 96.7 Å². The Hall–Kier alpha value is -0.200. The Morgan fingerprint density at radius 3 is 2.14 bits per heavy atom. The van der Waals surface area contributed by atoms with E-state index in [0.717, 1.165) is 5.56 Å². The lowest BCUT2D eigenvalue weighted by Gasteiger charge is -2.09.